The van der Waals surface area contributed by atoms with Gasteiger partial charge in [0.2, 0.25) is 5.91 Å². The quantitative estimate of drug-likeness (QED) is 0.726. The number of amides is 2. The standard InChI is InChI=1S/C21H22N4O5S/c26-17-7-3-1-5-15(17)21(28)25-13-11-24(12-14-25)19(27)9-10-22-20-16-6-2-4-8-18(16)31(29,30)23-20/h1-8,26H,9-14H2,(H,22,23). The van der Waals surface area contributed by atoms with Gasteiger partial charge in [-0.3, -0.25) is 19.3 Å². The molecule has 0 bridgehead atoms. The number of piperazine rings is 1. The molecule has 0 atom stereocenters. The maximum Gasteiger partial charge on any atom is 0.263 e. The Bertz CT molecular complexity index is 1150. The third kappa shape index (κ3) is 4.24. The normalized spacial score (nSPS) is 18.5. The average molecular weight is 442 g/mol. The lowest BCUT2D eigenvalue weighted by Gasteiger charge is -2.34. The largest absolute Gasteiger partial charge is 0.507 e. The number of sulfonamides is 1. The zero-order valence-electron chi connectivity index (χ0n) is 16.7. The van der Waals surface area contributed by atoms with E-state index in [1.807, 2.05) is 0 Å². The van der Waals surface area contributed by atoms with Crippen molar-refractivity contribution in [1.29, 1.82) is 0 Å². The smallest absolute Gasteiger partial charge is 0.263 e. The molecule has 0 saturated carbocycles. The highest BCUT2D eigenvalue weighted by Gasteiger charge is 2.30. The molecule has 2 heterocycles. The molecule has 1 fully saturated rings. The van der Waals surface area contributed by atoms with Crippen molar-refractivity contribution >= 4 is 27.7 Å². The van der Waals surface area contributed by atoms with Gasteiger partial charge in [-0.1, -0.05) is 24.3 Å². The number of phenolic OH excluding ortho intramolecular Hbond substituents is 1. The first-order valence-corrected chi connectivity index (χ1v) is 11.4. The van der Waals surface area contributed by atoms with E-state index in [0.29, 0.717) is 31.7 Å². The zero-order valence-corrected chi connectivity index (χ0v) is 17.5. The summed E-state index contributed by atoms with van der Waals surface area (Å²) in [5, 5.41) is 9.87. The Labute approximate surface area is 180 Å². The van der Waals surface area contributed by atoms with Crippen molar-refractivity contribution in [2.45, 2.75) is 11.3 Å². The Morgan fingerprint density at radius 1 is 0.968 bits per heavy atom. The van der Waals surface area contributed by atoms with E-state index in [9.17, 15) is 23.1 Å². The van der Waals surface area contributed by atoms with Crippen molar-refractivity contribution < 1.29 is 23.1 Å². The SMILES string of the molecule is O=C(CCN=C1NS(=O)(=O)c2ccccc21)N1CCN(C(=O)c2ccccc2O)CC1. The van der Waals surface area contributed by atoms with Gasteiger partial charge in [-0.15, -0.1) is 0 Å². The summed E-state index contributed by atoms with van der Waals surface area (Å²) < 4.78 is 26.6. The summed E-state index contributed by atoms with van der Waals surface area (Å²) in [6.07, 6.45) is 0.140. The van der Waals surface area contributed by atoms with Crippen LogP contribution in [0.15, 0.2) is 58.4 Å². The van der Waals surface area contributed by atoms with Gasteiger partial charge < -0.3 is 14.9 Å². The van der Waals surface area contributed by atoms with E-state index in [1.54, 1.807) is 46.2 Å². The van der Waals surface area contributed by atoms with E-state index in [2.05, 4.69) is 9.71 Å². The van der Waals surface area contributed by atoms with E-state index < -0.39 is 10.0 Å². The first kappa shape index (κ1) is 20.9. The summed E-state index contributed by atoms with van der Waals surface area (Å²) in [4.78, 5) is 32.8. The number of fused-ring (bicyclic) bond motifs is 1. The molecule has 2 aliphatic rings. The van der Waals surface area contributed by atoms with Gasteiger partial charge in [0.15, 0.2) is 0 Å². The number of carbonyl (C=O) groups is 2. The lowest BCUT2D eigenvalue weighted by Crippen LogP contribution is -2.50. The number of benzene rings is 2. The van der Waals surface area contributed by atoms with Crippen LogP contribution in [0.2, 0.25) is 0 Å². The molecule has 162 valence electrons. The van der Waals surface area contributed by atoms with Gasteiger partial charge in [0, 0.05) is 38.2 Å². The molecule has 2 amide bonds. The van der Waals surface area contributed by atoms with Gasteiger partial charge in [-0.25, -0.2) is 8.42 Å². The third-order valence-corrected chi connectivity index (χ3v) is 6.71. The van der Waals surface area contributed by atoms with Crippen LogP contribution in [0.4, 0.5) is 0 Å². The lowest BCUT2D eigenvalue weighted by molar-refractivity contribution is -0.132. The van der Waals surface area contributed by atoms with E-state index >= 15 is 0 Å². The summed E-state index contributed by atoms with van der Waals surface area (Å²) >= 11 is 0. The Kier molecular flexibility index (Phi) is 5.64. The number of aromatic hydroxyl groups is 1. The first-order valence-electron chi connectivity index (χ1n) is 9.88. The minimum atomic E-state index is -3.60. The van der Waals surface area contributed by atoms with Crippen molar-refractivity contribution in [3.63, 3.8) is 0 Å². The number of nitrogens with zero attached hydrogens (tertiary/aromatic N) is 3. The number of hydrogen-bond acceptors (Lipinski definition) is 6. The van der Waals surface area contributed by atoms with Crippen LogP contribution in [0.3, 0.4) is 0 Å². The van der Waals surface area contributed by atoms with Gasteiger partial charge in [-0.2, -0.15) is 0 Å². The molecule has 31 heavy (non-hydrogen) atoms. The summed E-state index contributed by atoms with van der Waals surface area (Å²) in [6.45, 7) is 1.69. The van der Waals surface area contributed by atoms with Crippen LogP contribution in [0, 0.1) is 0 Å². The minimum Gasteiger partial charge on any atom is -0.507 e. The number of para-hydroxylation sites is 1. The number of phenols is 1. The van der Waals surface area contributed by atoms with E-state index in [-0.39, 0.29) is 46.8 Å². The number of rotatable bonds is 4. The minimum absolute atomic E-state index is 0.0609. The summed E-state index contributed by atoms with van der Waals surface area (Å²) in [6, 6.07) is 13.0. The van der Waals surface area contributed by atoms with Crippen molar-refractivity contribution in [3.05, 3.63) is 59.7 Å². The summed E-state index contributed by atoms with van der Waals surface area (Å²) in [5.41, 5.74) is 0.753. The molecular formula is C21H22N4O5S. The molecule has 0 radical (unpaired) electrons. The predicted molar refractivity (Wildman–Crippen MR) is 113 cm³/mol. The van der Waals surface area contributed by atoms with Gasteiger partial charge >= 0.3 is 0 Å². The summed E-state index contributed by atoms with van der Waals surface area (Å²) in [5.74, 6) is -0.173. The second kappa shape index (κ2) is 8.38. The number of hydrogen-bond donors (Lipinski definition) is 2. The molecule has 1 saturated heterocycles. The topological polar surface area (TPSA) is 119 Å². The van der Waals surface area contributed by atoms with Crippen LogP contribution in [0.25, 0.3) is 0 Å². The average Bonchev–Trinajstić information content (AvgIpc) is 3.04. The van der Waals surface area contributed by atoms with Crippen LogP contribution in [-0.2, 0) is 14.8 Å². The Morgan fingerprint density at radius 2 is 1.61 bits per heavy atom. The highest BCUT2D eigenvalue weighted by atomic mass is 32.2. The number of aliphatic imine (C=N–C) groups is 1. The van der Waals surface area contributed by atoms with E-state index in [1.165, 1.54) is 12.1 Å². The monoisotopic (exact) mass is 442 g/mol. The van der Waals surface area contributed by atoms with Crippen molar-refractivity contribution in [3.8, 4) is 5.75 Å². The number of amidine groups is 1. The second-order valence-electron chi connectivity index (χ2n) is 7.27. The Balaban J connectivity index is 1.31. The molecule has 2 aromatic rings. The maximum absolute atomic E-state index is 12.6. The molecule has 2 N–H and O–H groups in total. The highest BCUT2D eigenvalue weighted by Crippen LogP contribution is 2.22. The van der Waals surface area contributed by atoms with Crippen LogP contribution >= 0.6 is 0 Å². The Morgan fingerprint density at radius 3 is 2.35 bits per heavy atom. The van der Waals surface area contributed by atoms with Crippen LogP contribution in [0.5, 0.6) is 5.75 Å². The lowest BCUT2D eigenvalue weighted by atomic mass is 10.1. The van der Waals surface area contributed by atoms with Crippen molar-refractivity contribution in [2.24, 2.45) is 4.99 Å². The van der Waals surface area contributed by atoms with E-state index in [0.717, 1.165) is 0 Å². The van der Waals surface area contributed by atoms with Gasteiger partial charge in [0.05, 0.1) is 17.0 Å². The fourth-order valence-corrected chi connectivity index (χ4v) is 4.91. The molecule has 0 spiro atoms. The maximum atomic E-state index is 12.6. The fourth-order valence-electron chi connectivity index (χ4n) is 3.66. The predicted octanol–water partition coefficient (Wildman–Crippen LogP) is 0.805. The molecule has 2 aromatic carbocycles. The van der Waals surface area contributed by atoms with Crippen molar-refractivity contribution in [2.75, 3.05) is 32.7 Å². The third-order valence-electron chi connectivity index (χ3n) is 5.31. The van der Waals surface area contributed by atoms with E-state index in [4.69, 9.17) is 0 Å². The Hall–Kier alpha value is -3.40. The number of nitrogens with one attached hydrogen (secondary N) is 1. The number of carbonyl (C=O) groups excluding carboxylic acids is 2. The van der Waals surface area contributed by atoms with Gasteiger partial charge in [0.25, 0.3) is 15.9 Å². The van der Waals surface area contributed by atoms with Gasteiger partial charge in [-0.05, 0) is 24.3 Å². The molecule has 0 unspecified atom stereocenters. The molecular weight excluding hydrogens is 420 g/mol. The molecule has 2 aliphatic heterocycles. The fraction of sp³-hybridized carbons (Fsp3) is 0.286. The van der Waals surface area contributed by atoms with Crippen molar-refractivity contribution in [1.82, 2.24) is 14.5 Å². The van der Waals surface area contributed by atoms with Gasteiger partial charge in [0.1, 0.15) is 11.6 Å². The zero-order chi connectivity index (χ0) is 22.0. The molecule has 0 aromatic heterocycles. The summed E-state index contributed by atoms with van der Waals surface area (Å²) in [7, 11) is -3.60. The molecule has 9 nitrogen and oxygen atoms in total. The molecule has 10 heteroatoms. The van der Waals surface area contributed by atoms with Crippen LogP contribution < -0.4 is 4.72 Å². The highest BCUT2D eigenvalue weighted by molar-refractivity contribution is 7.90. The molecule has 4 rings (SSSR count). The first-order chi connectivity index (χ1) is 14.9. The second-order valence-corrected chi connectivity index (χ2v) is 8.92. The van der Waals surface area contributed by atoms with Crippen LogP contribution in [0.1, 0.15) is 22.3 Å². The molecule has 0 aliphatic carbocycles. The van der Waals surface area contributed by atoms with Crippen LogP contribution in [-0.4, -0.2) is 73.7 Å².